The Morgan fingerprint density at radius 3 is 2.31 bits per heavy atom. The van der Waals surface area contributed by atoms with E-state index in [1.165, 1.54) is 26.3 Å². The van der Waals surface area contributed by atoms with E-state index in [9.17, 15) is 41.0 Å². The number of ether oxygens (including phenoxy) is 4. The monoisotopic (exact) mass is 574 g/mol. The van der Waals surface area contributed by atoms with Gasteiger partial charge in [0.25, 0.3) is 5.91 Å². The summed E-state index contributed by atoms with van der Waals surface area (Å²) < 4.78 is 96.8. The van der Waals surface area contributed by atoms with E-state index in [0.717, 1.165) is 0 Å². The minimum Gasteiger partial charge on any atom is -0.503 e. The molecule has 9 nitrogen and oxygen atoms in total. The van der Waals surface area contributed by atoms with E-state index in [1.807, 2.05) is 0 Å². The molecule has 0 saturated carbocycles. The van der Waals surface area contributed by atoms with Crippen LogP contribution >= 0.6 is 0 Å². The Bertz CT molecular complexity index is 945. The molecular weight excluding hydrogens is 542 g/mol. The Hall–Kier alpha value is -2.81. The molecule has 39 heavy (non-hydrogen) atoms. The first-order chi connectivity index (χ1) is 18.2. The highest BCUT2D eigenvalue weighted by Gasteiger charge is 2.37. The van der Waals surface area contributed by atoms with Crippen LogP contribution in [0.25, 0.3) is 0 Å². The maximum atomic E-state index is 12.9. The van der Waals surface area contributed by atoms with Gasteiger partial charge in [0.2, 0.25) is 0 Å². The third kappa shape index (κ3) is 11.1. The van der Waals surface area contributed by atoms with Crippen molar-refractivity contribution in [2.75, 3.05) is 20.3 Å². The van der Waals surface area contributed by atoms with Gasteiger partial charge in [0.1, 0.15) is 18.2 Å². The molecule has 0 radical (unpaired) electrons. The van der Waals surface area contributed by atoms with E-state index in [0.29, 0.717) is 0 Å². The molecule has 0 aromatic carbocycles. The first kappa shape index (κ1) is 32.4. The summed E-state index contributed by atoms with van der Waals surface area (Å²) in [6, 6.07) is 0.133. The molecule has 1 saturated heterocycles. The smallest absolute Gasteiger partial charge is 0.389 e. The Kier molecular flexibility index (Phi) is 12.1. The van der Waals surface area contributed by atoms with Crippen molar-refractivity contribution in [1.29, 1.82) is 0 Å². The van der Waals surface area contributed by atoms with Crippen LogP contribution in [0.5, 0.6) is 11.5 Å². The number of esters is 1. The number of aromatic nitrogens is 1. The summed E-state index contributed by atoms with van der Waals surface area (Å²) in [6.07, 6.45) is -13.1. The predicted octanol–water partition coefficient (Wildman–Crippen LogP) is 4.47. The molecule has 1 amide bonds. The first-order valence-corrected chi connectivity index (χ1v) is 12.3. The number of hydrogen-bond acceptors (Lipinski definition) is 8. The van der Waals surface area contributed by atoms with E-state index in [2.05, 4.69) is 10.3 Å². The number of methoxy groups -OCH3 is 1. The highest BCUT2D eigenvalue weighted by molar-refractivity contribution is 5.97. The van der Waals surface area contributed by atoms with Crippen LogP contribution in [0.1, 0.15) is 62.4 Å². The molecule has 2 heterocycles. The Balaban J connectivity index is 2.13. The lowest BCUT2D eigenvalue weighted by Crippen LogP contribution is -2.45. The zero-order valence-electron chi connectivity index (χ0n) is 21.4. The average Bonchev–Trinajstić information content (AvgIpc) is 2.88. The first-order valence-electron chi connectivity index (χ1n) is 12.3. The highest BCUT2D eigenvalue weighted by atomic mass is 19.4. The van der Waals surface area contributed by atoms with Gasteiger partial charge in [0.15, 0.2) is 17.2 Å². The summed E-state index contributed by atoms with van der Waals surface area (Å²) in [5, 5.41) is 12.6. The molecule has 0 spiro atoms. The van der Waals surface area contributed by atoms with E-state index in [-0.39, 0.29) is 51.1 Å². The second kappa shape index (κ2) is 14.5. The van der Waals surface area contributed by atoms with Gasteiger partial charge in [0.05, 0.1) is 13.2 Å². The van der Waals surface area contributed by atoms with Crippen molar-refractivity contribution < 1.29 is 60.0 Å². The van der Waals surface area contributed by atoms with Gasteiger partial charge in [-0.2, -0.15) is 26.3 Å². The Morgan fingerprint density at radius 2 is 1.72 bits per heavy atom. The number of nitrogens with zero attached hydrogens (tertiary/aromatic N) is 1. The topological polar surface area (TPSA) is 116 Å². The van der Waals surface area contributed by atoms with E-state index < -0.39 is 72.9 Å². The van der Waals surface area contributed by atoms with E-state index in [4.69, 9.17) is 18.9 Å². The molecular formula is C24H32F6N2O7. The number of amides is 1. The Morgan fingerprint density at radius 1 is 1.10 bits per heavy atom. The largest absolute Gasteiger partial charge is 0.503 e. The van der Waals surface area contributed by atoms with Crippen LogP contribution in [0, 0.1) is 0 Å². The molecule has 1 aliphatic heterocycles. The highest BCUT2D eigenvalue weighted by Crippen LogP contribution is 2.29. The third-order valence-electron chi connectivity index (χ3n) is 5.88. The van der Waals surface area contributed by atoms with Gasteiger partial charge in [-0.15, -0.1) is 0 Å². The van der Waals surface area contributed by atoms with Crippen LogP contribution in [-0.4, -0.2) is 79.0 Å². The summed E-state index contributed by atoms with van der Waals surface area (Å²) in [6.45, 7) is 0.766. The molecule has 1 aliphatic rings. The van der Waals surface area contributed by atoms with Crippen LogP contribution in [-0.2, 0) is 19.0 Å². The minimum absolute atomic E-state index is 0.0168. The number of pyridine rings is 1. The minimum atomic E-state index is -4.40. The van der Waals surface area contributed by atoms with Gasteiger partial charge in [0, 0.05) is 38.3 Å². The molecule has 0 aliphatic carbocycles. The molecule has 1 aromatic heterocycles. The summed E-state index contributed by atoms with van der Waals surface area (Å²) in [7, 11) is 1.27. The van der Waals surface area contributed by atoms with Crippen molar-refractivity contribution in [3.05, 3.63) is 18.0 Å². The molecule has 222 valence electrons. The quantitative estimate of drug-likeness (QED) is 0.226. The molecule has 1 aromatic rings. The molecule has 2 N–H and O–H groups in total. The number of carbonyl (C=O) groups is 2. The fourth-order valence-corrected chi connectivity index (χ4v) is 3.99. The number of halogens is 6. The molecule has 2 rings (SSSR count). The van der Waals surface area contributed by atoms with Gasteiger partial charge in [-0.25, -0.2) is 9.78 Å². The zero-order valence-corrected chi connectivity index (χ0v) is 21.4. The van der Waals surface area contributed by atoms with Gasteiger partial charge in [-0.05, 0) is 39.0 Å². The lowest BCUT2D eigenvalue weighted by molar-refractivity contribution is -0.172. The SMILES string of the molecule is COc1ccnc(C(=O)NC2CCCC(OCCCC(F)(F)F)C(OCCCC(F)(F)F)C(C)OC2=O)c1O. The molecule has 4 unspecified atom stereocenters. The van der Waals surface area contributed by atoms with E-state index >= 15 is 0 Å². The molecule has 0 bridgehead atoms. The van der Waals surface area contributed by atoms with Crippen LogP contribution < -0.4 is 10.1 Å². The number of rotatable bonds is 11. The van der Waals surface area contributed by atoms with Gasteiger partial charge < -0.3 is 29.4 Å². The fraction of sp³-hybridized carbons (Fsp3) is 0.708. The van der Waals surface area contributed by atoms with E-state index in [1.54, 1.807) is 0 Å². The zero-order chi connectivity index (χ0) is 29.2. The van der Waals surface area contributed by atoms with Gasteiger partial charge >= 0.3 is 18.3 Å². The summed E-state index contributed by atoms with van der Waals surface area (Å²) >= 11 is 0. The van der Waals surface area contributed by atoms with Crippen molar-refractivity contribution in [2.24, 2.45) is 0 Å². The van der Waals surface area contributed by atoms with Crippen molar-refractivity contribution in [3.63, 3.8) is 0 Å². The number of aromatic hydroxyl groups is 1. The third-order valence-corrected chi connectivity index (χ3v) is 5.88. The standard InChI is InChI=1S/C24H32F6N2O7/c1-14-20(38-13-5-10-24(28,29)30)17(37-12-4-9-23(25,26)27)7-3-6-15(22(35)39-14)32-21(34)18-19(33)16(36-2)8-11-31-18/h8,11,14-15,17,20,33H,3-7,9-10,12-13H2,1-2H3,(H,32,34). The normalized spacial score (nSPS) is 22.8. The molecule has 15 heteroatoms. The number of carbonyl (C=O) groups excluding carboxylic acids is 2. The lowest BCUT2D eigenvalue weighted by atomic mass is 10.0. The summed E-state index contributed by atoms with van der Waals surface area (Å²) in [5.74, 6) is -2.32. The van der Waals surface area contributed by atoms with Crippen LogP contribution in [0.3, 0.4) is 0 Å². The number of cyclic esters (lactones) is 1. The molecule has 1 fully saturated rings. The van der Waals surface area contributed by atoms with Crippen molar-refractivity contribution in [2.45, 2.75) is 88.6 Å². The number of hydrogen-bond donors (Lipinski definition) is 2. The lowest BCUT2D eigenvalue weighted by Gasteiger charge is -2.31. The van der Waals surface area contributed by atoms with Crippen LogP contribution in [0.15, 0.2) is 12.3 Å². The maximum absolute atomic E-state index is 12.9. The average molecular weight is 575 g/mol. The second-order valence-corrected chi connectivity index (χ2v) is 8.99. The van der Waals surface area contributed by atoms with Crippen molar-refractivity contribution >= 4 is 11.9 Å². The summed E-state index contributed by atoms with van der Waals surface area (Å²) in [5.41, 5.74) is -0.396. The second-order valence-electron chi connectivity index (χ2n) is 8.99. The van der Waals surface area contributed by atoms with Crippen LogP contribution in [0.4, 0.5) is 26.3 Å². The Labute approximate surface area is 221 Å². The predicted molar refractivity (Wildman–Crippen MR) is 123 cm³/mol. The van der Waals surface area contributed by atoms with Gasteiger partial charge in [-0.1, -0.05) is 0 Å². The number of nitrogens with one attached hydrogen (secondary N) is 1. The van der Waals surface area contributed by atoms with Crippen LogP contribution in [0.2, 0.25) is 0 Å². The number of alkyl halides is 6. The van der Waals surface area contributed by atoms with Crippen molar-refractivity contribution in [1.82, 2.24) is 10.3 Å². The van der Waals surface area contributed by atoms with Gasteiger partial charge in [-0.3, -0.25) is 4.79 Å². The summed E-state index contributed by atoms with van der Waals surface area (Å²) in [4.78, 5) is 29.4. The fourth-order valence-electron chi connectivity index (χ4n) is 3.99. The van der Waals surface area contributed by atoms with Crippen molar-refractivity contribution in [3.8, 4) is 11.5 Å². The molecule has 4 atom stereocenters. The maximum Gasteiger partial charge on any atom is 0.389 e.